The number of hydrogen-bond donors (Lipinski definition) is 1. The standard InChI is InChI=1S/C20H23NO4/c1-13(2)16-6-4-5-7-17(16)25-14(3)20(22)21-11-15-8-9-18-19(10-15)24-12-23-18/h4-10,13-14H,11-12H2,1-3H3,(H,21,22). The maximum atomic E-state index is 12.3. The number of nitrogens with one attached hydrogen (secondary N) is 1. The zero-order valence-corrected chi connectivity index (χ0v) is 14.7. The van der Waals surface area contributed by atoms with Gasteiger partial charge in [0.05, 0.1) is 0 Å². The van der Waals surface area contributed by atoms with Crippen LogP contribution in [0.4, 0.5) is 0 Å². The van der Waals surface area contributed by atoms with E-state index in [1.54, 1.807) is 6.92 Å². The van der Waals surface area contributed by atoms with Crippen molar-refractivity contribution in [3.63, 3.8) is 0 Å². The van der Waals surface area contributed by atoms with Crippen molar-refractivity contribution in [3.8, 4) is 17.2 Å². The second-order valence-electron chi connectivity index (χ2n) is 6.36. The summed E-state index contributed by atoms with van der Waals surface area (Å²) in [7, 11) is 0. The van der Waals surface area contributed by atoms with E-state index in [9.17, 15) is 4.79 Å². The van der Waals surface area contributed by atoms with E-state index in [0.29, 0.717) is 18.2 Å². The Morgan fingerprint density at radius 1 is 1.12 bits per heavy atom. The van der Waals surface area contributed by atoms with Crippen LogP contribution in [0.25, 0.3) is 0 Å². The van der Waals surface area contributed by atoms with Gasteiger partial charge in [-0.1, -0.05) is 38.1 Å². The van der Waals surface area contributed by atoms with Crippen molar-refractivity contribution < 1.29 is 19.0 Å². The summed E-state index contributed by atoms with van der Waals surface area (Å²) in [6, 6.07) is 13.5. The van der Waals surface area contributed by atoms with E-state index in [4.69, 9.17) is 14.2 Å². The maximum absolute atomic E-state index is 12.3. The fraction of sp³-hybridized carbons (Fsp3) is 0.350. The number of ether oxygens (including phenoxy) is 3. The van der Waals surface area contributed by atoms with E-state index >= 15 is 0 Å². The molecular formula is C20H23NO4. The van der Waals surface area contributed by atoms with Crippen LogP contribution in [-0.2, 0) is 11.3 Å². The Labute approximate surface area is 147 Å². The topological polar surface area (TPSA) is 56.8 Å². The molecule has 0 saturated carbocycles. The molecule has 25 heavy (non-hydrogen) atoms. The molecule has 1 aliphatic heterocycles. The fourth-order valence-electron chi connectivity index (χ4n) is 2.69. The summed E-state index contributed by atoms with van der Waals surface area (Å²) in [4.78, 5) is 12.3. The number of carbonyl (C=O) groups is 1. The molecular weight excluding hydrogens is 318 g/mol. The Balaban J connectivity index is 1.58. The summed E-state index contributed by atoms with van der Waals surface area (Å²) in [6.45, 7) is 6.62. The molecule has 0 fully saturated rings. The maximum Gasteiger partial charge on any atom is 0.261 e. The van der Waals surface area contributed by atoms with Crippen molar-refractivity contribution in [2.75, 3.05) is 6.79 Å². The van der Waals surface area contributed by atoms with Gasteiger partial charge in [-0.25, -0.2) is 0 Å². The highest BCUT2D eigenvalue weighted by molar-refractivity contribution is 5.80. The summed E-state index contributed by atoms with van der Waals surface area (Å²) < 4.78 is 16.5. The van der Waals surface area contributed by atoms with Crippen LogP contribution in [0.5, 0.6) is 17.2 Å². The molecule has 1 aliphatic rings. The van der Waals surface area contributed by atoms with Gasteiger partial charge in [-0.2, -0.15) is 0 Å². The number of amides is 1. The number of fused-ring (bicyclic) bond motifs is 1. The predicted octanol–water partition coefficient (Wildman–Crippen LogP) is 3.62. The average Bonchev–Trinajstić information content (AvgIpc) is 3.07. The van der Waals surface area contributed by atoms with E-state index in [1.807, 2.05) is 42.5 Å². The molecule has 0 aromatic heterocycles. The van der Waals surface area contributed by atoms with Crippen LogP contribution < -0.4 is 19.5 Å². The Morgan fingerprint density at radius 2 is 1.88 bits per heavy atom. The molecule has 5 heteroatoms. The lowest BCUT2D eigenvalue weighted by Gasteiger charge is -2.18. The van der Waals surface area contributed by atoms with Crippen molar-refractivity contribution in [1.29, 1.82) is 0 Å². The van der Waals surface area contributed by atoms with Gasteiger partial charge < -0.3 is 19.5 Å². The molecule has 0 aliphatic carbocycles. The van der Waals surface area contributed by atoms with Crippen LogP contribution in [0, 0.1) is 0 Å². The predicted molar refractivity (Wildman–Crippen MR) is 95.0 cm³/mol. The van der Waals surface area contributed by atoms with Gasteiger partial charge in [0, 0.05) is 6.54 Å². The fourth-order valence-corrected chi connectivity index (χ4v) is 2.69. The van der Waals surface area contributed by atoms with Gasteiger partial charge in [0.1, 0.15) is 5.75 Å². The molecule has 1 amide bonds. The smallest absolute Gasteiger partial charge is 0.261 e. The minimum atomic E-state index is -0.575. The van der Waals surface area contributed by atoms with Gasteiger partial charge in [-0.15, -0.1) is 0 Å². The number of carbonyl (C=O) groups excluding carboxylic acids is 1. The second-order valence-corrected chi connectivity index (χ2v) is 6.36. The molecule has 0 saturated heterocycles. The summed E-state index contributed by atoms with van der Waals surface area (Å²) in [5.74, 6) is 2.37. The molecule has 1 N–H and O–H groups in total. The SMILES string of the molecule is CC(Oc1ccccc1C(C)C)C(=O)NCc1ccc2c(c1)OCO2. The highest BCUT2D eigenvalue weighted by Crippen LogP contribution is 2.32. The first-order valence-electron chi connectivity index (χ1n) is 8.46. The van der Waals surface area contributed by atoms with Gasteiger partial charge in [0.15, 0.2) is 17.6 Å². The number of rotatable bonds is 6. The van der Waals surface area contributed by atoms with Gasteiger partial charge in [-0.05, 0) is 42.2 Å². The number of benzene rings is 2. The third-order valence-electron chi connectivity index (χ3n) is 4.12. The van der Waals surface area contributed by atoms with Crippen molar-refractivity contribution in [2.45, 2.75) is 39.3 Å². The first kappa shape index (κ1) is 17.1. The van der Waals surface area contributed by atoms with Crippen LogP contribution in [0.15, 0.2) is 42.5 Å². The molecule has 3 rings (SSSR count). The number of para-hydroxylation sites is 1. The summed E-state index contributed by atoms with van der Waals surface area (Å²) in [5, 5.41) is 2.90. The monoisotopic (exact) mass is 341 g/mol. The lowest BCUT2D eigenvalue weighted by Crippen LogP contribution is -2.36. The molecule has 0 bridgehead atoms. The minimum absolute atomic E-state index is 0.156. The highest BCUT2D eigenvalue weighted by atomic mass is 16.7. The summed E-state index contributed by atoms with van der Waals surface area (Å²) in [6.07, 6.45) is -0.575. The van der Waals surface area contributed by atoms with E-state index in [0.717, 1.165) is 22.6 Å². The van der Waals surface area contributed by atoms with Crippen molar-refractivity contribution in [2.24, 2.45) is 0 Å². The normalized spacial score (nSPS) is 13.6. The zero-order valence-electron chi connectivity index (χ0n) is 14.7. The van der Waals surface area contributed by atoms with Crippen LogP contribution in [-0.4, -0.2) is 18.8 Å². The zero-order chi connectivity index (χ0) is 17.8. The molecule has 1 heterocycles. The van der Waals surface area contributed by atoms with E-state index in [1.165, 1.54) is 0 Å². The molecule has 132 valence electrons. The first-order valence-corrected chi connectivity index (χ1v) is 8.46. The molecule has 1 atom stereocenters. The third kappa shape index (κ3) is 4.05. The van der Waals surface area contributed by atoms with Crippen LogP contribution in [0.2, 0.25) is 0 Å². The molecule has 2 aromatic carbocycles. The van der Waals surface area contributed by atoms with Gasteiger partial charge in [-0.3, -0.25) is 4.79 Å². The molecule has 0 radical (unpaired) electrons. The Morgan fingerprint density at radius 3 is 2.68 bits per heavy atom. The second kappa shape index (κ2) is 7.47. The third-order valence-corrected chi connectivity index (χ3v) is 4.12. The highest BCUT2D eigenvalue weighted by Gasteiger charge is 2.18. The van der Waals surface area contributed by atoms with Gasteiger partial charge in [0.25, 0.3) is 5.91 Å². The summed E-state index contributed by atoms with van der Waals surface area (Å²) in [5.41, 5.74) is 2.05. The minimum Gasteiger partial charge on any atom is -0.481 e. The van der Waals surface area contributed by atoms with Crippen molar-refractivity contribution in [1.82, 2.24) is 5.32 Å². The van der Waals surface area contributed by atoms with Gasteiger partial charge in [0.2, 0.25) is 6.79 Å². The largest absolute Gasteiger partial charge is 0.481 e. The van der Waals surface area contributed by atoms with Crippen molar-refractivity contribution in [3.05, 3.63) is 53.6 Å². The van der Waals surface area contributed by atoms with Crippen LogP contribution in [0.1, 0.15) is 37.8 Å². The van der Waals surface area contributed by atoms with Crippen molar-refractivity contribution >= 4 is 5.91 Å². The molecule has 2 aromatic rings. The molecule has 0 spiro atoms. The summed E-state index contributed by atoms with van der Waals surface area (Å²) >= 11 is 0. The average molecular weight is 341 g/mol. The molecule has 1 unspecified atom stereocenters. The van der Waals surface area contributed by atoms with E-state index < -0.39 is 6.10 Å². The van der Waals surface area contributed by atoms with Crippen LogP contribution in [0.3, 0.4) is 0 Å². The molecule has 5 nitrogen and oxygen atoms in total. The lowest BCUT2D eigenvalue weighted by molar-refractivity contribution is -0.127. The van der Waals surface area contributed by atoms with Crippen LogP contribution >= 0.6 is 0 Å². The van der Waals surface area contributed by atoms with E-state index in [2.05, 4.69) is 19.2 Å². The first-order chi connectivity index (χ1) is 12.0. The lowest BCUT2D eigenvalue weighted by atomic mass is 10.0. The quantitative estimate of drug-likeness (QED) is 0.872. The van der Waals surface area contributed by atoms with Gasteiger partial charge >= 0.3 is 0 Å². The van der Waals surface area contributed by atoms with E-state index in [-0.39, 0.29) is 12.7 Å². The Hall–Kier alpha value is -2.69. The Kier molecular flexibility index (Phi) is 5.12. The number of hydrogen-bond acceptors (Lipinski definition) is 4. The Bertz CT molecular complexity index is 757.